The number of nitrogens with zero attached hydrogens (tertiary/aromatic N) is 1. The maximum atomic E-state index is 12.3. The van der Waals surface area contributed by atoms with Crippen molar-refractivity contribution in [3.05, 3.63) is 28.7 Å². The van der Waals surface area contributed by atoms with Crippen molar-refractivity contribution in [1.29, 1.82) is 0 Å². The number of aliphatic carboxylic acids is 1. The molecule has 8 heteroatoms. The van der Waals surface area contributed by atoms with Gasteiger partial charge in [0.15, 0.2) is 11.5 Å². The number of unbranched alkanes of at least 4 members (excludes halogenated alkanes) is 2. The second-order valence-electron chi connectivity index (χ2n) is 5.61. The van der Waals surface area contributed by atoms with Crippen LogP contribution in [-0.2, 0) is 9.59 Å². The molecule has 1 saturated heterocycles. The Labute approximate surface area is 162 Å². The average molecular weight is 394 g/mol. The number of carboxylic acid groups (broad SMARTS) is 1. The van der Waals surface area contributed by atoms with E-state index in [2.05, 4.69) is 6.92 Å². The third-order valence-electron chi connectivity index (χ3n) is 3.65. The van der Waals surface area contributed by atoms with Gasteiger partial charge in [-0.2, -0.15) is 0 Å². The van der Waals surface area contributed by atoms with Crippen LogP contribution in [0.1, 0.15) is 31.7 Å². The van der Waals surface area contributed by atoms with Crippen molar-refractivity contribution < 1.29 is 24.2 Å². The largest absolute Gasteiger partial charge is 0.548 e. The molecule has 2 rings (SSSR count). The van der Waals surface area contributed by atoms with Gasteiger partial charge in [-0.15, -0.1) is 0 Å². The summed E-state index contributed by atoms with van der Waals surface area (Å²) >= 11 is 6.12. The van der Waals surface area contributed by atoms with E-state index in [-0.39, 0.29) is 4.32 Å². The number of benzene rings is 1. The third-order valence-corrected chi connectivity index (χ3v) is 5.03. The molecule has 6 nitrogen and oxygen atoms in total. The monoisotopic (exact) mass is 394 g/mol. The Morgan fingerprint density at radius 3 is 2.77 bits per heavy atom. The van der Waals surface area contributed by atoms with Crippen molar-refractivity contribution in [3.8, 4) is 11.5 Å². The van der Waals surface area contributed by atoms with Gasteiger partial charge >= 0.3 is 0 Å². The summed E-state index contributed by atoms with van der Waals surface area (Å²) in [4.78, 5) is 24.4. The predicted octanol–water partition coefficient (Wildman–Crippen LogP) is 2.22. The molecule has 1 fully saturated rings. The van der Waals surface area contributed by atoms with Crippen LogP contribution in [0.3, 0.4) is 0 Å². The number of thioether (sulfide) groups is 1. The Hall–Kier alpha value is -2.06. The first-order valence-electron chi connectivity index (χ1n) is 8.22. The zero-order valence-electron chi connectivity index (χ0n) is 14.6. The van der Waals surface area contributed by atoms with Gasteiger partial charge in [-0.1, -0.05) is 49.8 Å². The van der Waals surface area contributed by atoms with Crippen LogP contribution in [0.4, 0.5) is 0 Å². The molecule has 0 radical (unpaired) electrons. The fourth-order valence-electron chi connectivity index (χ4n) is 2.34. The summed E-state index contributed by atoms with van der Waals surface area (Å²) < 4.78 is 11.3. The van der Waals surface area contributed by atoms with Gasteiger partial charge in [0, 0.05) is 0 Å². The van der Waals surface area contributed by atoms with Crippen molar-refractivity contribution in [3.63, 3.8) is 0 Å². The molecular formula is C18H20NO5S2-. The summed E-state index contributed by atoms with van der Waals surface area (Å²) in [7, 11) is 1.55. The van der Waals surface area contributed by atoms with Gasteiger partial charge in [0.1, 0.15) is 4.32 Å². The Morgan fingerprint density at radius 1 is 1.35 bits per heavy atom. The molecule has 1 heterocycles. The highest BCUT2D eigenvalue weighted by Gasteiger charge is 2.31. The fourth-order valence-corrected chi connectivity index (χ4v) is 3.60. The number of amides is 1. The quantitative estimate of drug-likeness (QED) is 0.361. The number of carbonyl (C=O) groups excluding carboxylic acids is 2. The number of carboxylic acids is 1. The Bertz CT molecular complexity index is 732. The van der Waals surface area contributed by atoms with E-state index in [1.54, 1.807) is 25.3 Å². The highest BCUT2D eigenvalue weighted by Crippen LogP contribution is 2.34. The van der Waals surface area contributed by atoms with Crippen molar-refractivity contribution in [2.75, 3.05) is 20.3 Å². The molecule has 1 aliphatic heterocycles. The topological polar surface area (TPSA) is 78.9 Å². The van der Waals surface area contributed by atoms with E-state index in [1.807, 2.05) is 6.07 Å². The zero-order chi connectivity index (χ0) is 19.1. The van der Waals surface area contributed by atoms with Gasteiger partial charge in [-0.25, -0.2) is 0 Å². The molecule has 0 spiro atoms. The molecule has 1 aromatic rings. The lowest BCUT2D eigenvalue weighted by molar-refractivity contribution is -0.305. The lowest BCUT2D eigenvalue weighted by Crippen LogP contribution is -2.40. The zero-order valence-corrected chi connectivity index (χ0v) is 16.3. The normalized spacial score (nSPS) is 15.6. The smallest absolute Gasteiger partial charge is 0.266 e. The first-order valence-corrected chi connectivity index (χ1v) is 9.44. The summed E-state index contributed by atoms with van der Waals surface area (Å²) in [5, 5.41) is 10.7. The minimum atomic E-state index is -1.35. The summed E-state index contributed by atoms with van der Waals surface area (Å²) in [6, 6.07) is 5.36. The molecule has 26 heavy (non-hydrogen) atoms. The number of rotatable bonds is 9. The Morgan fingerprint density at radius 2 is 2.12 bits per heavy atom. The maximum absolute atomic E-state index is 12.3. The number of ether oxygens (including phenoxy) is 2. The van der Waals surface area contributed by atoms with Crippen LogP contribution in [0.2, 0.25) is 0 Å². The molecule has 0 N–H and O–H groups in total. The van der Waals surface area contributed by atoms with Crippen LogP contribution in [0.5, 0.6) is 11.5 Å². The fraction of sp³-hybridized carbons (Fsp3) is 0.389. The van der Waals surface area contributed by atoms with Crippen molar-refractivity contribution >= 4 is 46.3 Å². The van der Waals surface area contributed by atoms with Crippen LogP contribution < -0.4 is 14.6 Å². The maximum Gasteiger partial charge on any atom is 0.266 e. The van der Waals surface area contributed by atoms with E-state index in [9.17, 15) is 14.7 Å². The average Bonchev–Trinajstić information content (AvgIpc) is 2.86. The molecule has 1 amide bonds. The van der Waals surface area contributed by atoms with Gasteiger partial charge in [-0.3, -0.25) is 9.69 Å². The predicted molar refractivity (Wildman–Crippen MR) is 103 cm³/mol. The first kappa shape index (κ1) is 20.3. The van der Waals surface area contributed by atoms with E-state index >= 15 is 0 Å². The molecule has 1 aliphatic rings. The van der Waals surface area contributed by atoms with Crippen LogP contribution >= 0.6 is 24.0 Å². The van der Waals surface area contributed by atoms with Gasteiger partial charge < -0.3 is 19.4 Å². The molecule has 0 saturated carbocycles. The van der Waals surface area contributed by atoms with Crippen molar-refractivity contribution in [1.82, 2.24) is 4.90 Å². The Balaban J connectivity index is 2.14. The van der Waals surface area contributed by atoms with Crippen LogP contribution in [-0.4, -0.2) is 41.4 Å². The minimum Gasteiger partial charge on any atom is -0.548 e. The van der Waals surface area contributed by atoms with E-state index in [1.165, 1.54) is 0 Å². The summed E-state index contributed by atoms with van der Waals surface area (Å²) in [6.45, 7) is 2.20. The second kappa shape index (κ2) is 9.59. The molecule has 140 valence electrons. The highest BCUT2D eigenvalue weighted by atomic mass is 32.2. The first-order chi connectivity index (χ1) is 12.5. The van der Waals surface area contributed by atoms with E-state index in [0.717, 1.165) is 41.5 Å². The number of hydrogen-bond donors (Lipinski definition) is 0. The summed E-state index contributed by atoms with van der Waals surface area (Å²) in [6.07, 6.45) is 4.85. The van der Waals surface area contributed by atoms with E-state index in [4.69, 9.17) is 21.7 Å². The van der Waals surface area contributed by atoms with Crippen LogP contribution in [0, 0.1) is 0 Å². The molecule has 0 unspecified atom stereocenters. The molecule has 0 aliphatic carbocycles. The van der Waals surface area contributed by atoms with Crippen LogP contribution in [0.15, 0.2) is 23.1 Å². The number of carbonyl (C=O) groups is 2. The molecule has 0 atom stereocenters. The summed E-state index contributed by atoms with van der Waals surface area (Å²) in [5.41, 5.74) is 0.733. The number of hydrogen-bond acceptors (Lipinski definition) is 7. The van der Waals surface area contributed by atoms with Gasteiger partial charge in [0.25, 0.3) is 5.91 Å². The molecule has 0 bridgehead atoms. The lowest BCUT2D eigenvalue weighted by Gasteiger charge is -2.14. The van der Waals surface area contributed by atoms with E-state index < -0.39 is 18.4 Å². The van der Waals surface area contributed by atoms with Gasteiger partial charge in [-0.05, 0) is 30.2 Å². The van der Waals surface area contributed by atoms with Gasteiger partial charge in [0.2, 0.25) is 0 Å². The number of methoxy groups -OCH3 is 1. The highest BCUT2D eigenvalue weighted by molar-refractivity contribution is 8.26. The van der Waals surface area contributed by atoms with Crippen molar-refractivity contribution in [2.45, 2.75) is 26.2 Å². The van der Waals surface area contributed by atoms with Gasteiger partial charge in [0.05, 0.1) is 31.1 Å². The molecule has 1 aromatic carbocycles. The van der Waals surface area contributed by atoms with Crippen LogP contribution in [0.25, 0.3) is 6.08 Å². The lowest BCUT2D eigenvalue weighted by atomic mass is 10.2. The molecule has 0 aromatic heterocycles. The van der Waals surface area contributed by atoms with Crippen molar-refractivity contribution in [2.24, 2.45) is 0 Å². The summed E-state index contributed by atoms with van der Waals surface area (Å²) in [5.74, 6) is -0.581. The second-order valence-corrected chi connectivity index (χ2v) is 7.28. The standard InChI is InChI=1S/C18H21NO5S2/c1-3-4-5-8-24-13-7-6-12(9-14(13)23-2)10-15-17(22)19(11-16(20)21)18(25)26-15/h6-7,9-10H,3-5,8,11H2,1-2H3,(H,20,21)/p-1/b15-10+. The SMILES string of the molecule is CCCCCOc1ccc(/C=C2/SC(=S)N(CC(=O)[O-])C2=O)cc1OC. The minimum absolute atomic E-state index is 0.202. The third kappa shape index (κ3) is 5.22. The Kier molecular flexibility index (Phi) is 7.47. The van der Waals surface area contributed by atoms with E-state index in [0.29, 0.717) is 23.0 Å². The molecular weight excluding hydrogens is 374 g/mol. The number of thiocarbonyl (C=S) groups is 1.